The number of hydrogen-bond donors (Lipinski definition) is 0. The van der Waals surface area contributed by atoms with E-state index in [0.29, 0.717) is 23.4 Å². The minimum Gasteiger partial charge on any atom is -0.465 e. The Bertz CT molecular complexity index is 1040. The van der Waals surface area contributed by atoms with Gasteiger partial charge >= 0.3 is 11.7 Å². The van der Waals surface area contributed by atoms with Gasteiger partial charge in [-0.15, -0.1) is 0 Å². The van der Waals surface area contributed by atoms with Crippen molar-refractivity contribution in [1.29, 1.82) is 0 Å². The van der Waals surface area contributed by atoms with E-state index in [1.54, 1.807) is 34.4 Å². The number of aromatic nitrogens is 3. The van der Waals surface area contributed by atoms with Crippen LogP contribution in [-0.2, 0) is 18.3 Å². The van der Waals surface area contributed by atoms with Gasteiger partial charge in [0.2, 0.25) is 0 Å². The third kappa shape index (κ3) is 3.27. The van der Waals surface area contributed by atoms with Gasteiger partial charge in [-0.2, -0.15) is 0 Å². The van der Waals surface area contributed by atoms with Gasteiger partial charge in [0.15, 0.2) is 5.65 Å². The first-order valence-corrected chi connectivity index (χ1v) is 8.46. The highest BCUT2D eigenvalue weighted by Crippen LogP contribution is 2.24. The number of fused-ring (bicyclic) bond motifs is 1. The first-order chi connectivity index (χ1) is 12.2. The minimum atomic E-state index is -0.392. The van der Waals surface area contributed by atoms with Crippen molar-refractivity contribution in [2.75, 3.05) is 7.11 Å². The summed E-state index contributed by atoms with van der Waals surface area (Å²) < 4.78 is 8.10. The molecule has 3 aromatic rings. The number of benzene rings is 1. The van der Waals surface area contributed by atoms with Crippen LogP contribution in [0.1, 0.15) is 31.1 Å². The van der Waals surface area contributed by atoms with Gasteiger partial charge in [0.05, 0.1) is 23.9 Å². The summed E-state index contributed by atoms with van der Waals surface area (Å²) in [6.07, 6.45) is 0. The molecule has 0 bridgehead atoms. The van der Waals surface area contributed by atoms with Gasteiger partial charge in [0.25, 0.3) is 0 Å². The summed E-state index contributed by atoms with van der Waals surface area (Å²) in [7, 11) is 3.08. The standard InChI is InChI=1S/C20H23N3O3/c1-20(2,3)12-23-16-10-9-15(21-17(16)22(4)19(23)25)13-7-6-8-14(11-13)18(24)26-5/h6-11H,12H2,1-5H3. The molecule has 0 unspecified atom stereocenters. The van der Waals surface area contributed by atoms with E-state index in [-0.39, 0.29) is 11.1 Å². The van der Waals surface area contributed by atoms with Crippen LogP contribution in [0.4, 0.5) is 0 Å². The number of imidazole rings is 1. The Labute approximate surface area is 152 Å². The van der Waals surface area contributed by atoms with Crippen molar-refractivity contribution in [3.63, 3.8) is 0 Å². The van der Waals surface area contributed by atoms with Crippen molar-refractivity contribution < 1.29 is 9.53 Å². The van der Waals surface area contributed by atoms with E-state index in [4.69, 9.17) is 4.74 Å². The summed E-state index contributed by atoms with van der Waals surface area (Å²) >= 11 is 0. The molecular formula is C20H23N3O3. The molecule has 3 rings (SSSR count). The maximum atomic E-state index is 12.6. The number of hydrogen-bond acceptors (Lipinski definition) is 4. The number of rotatable bonds is 3. The van der Waals surface area contributed by atoms with E-state index < -0.39 is 5.97 Å². The Kier molecular flexibility index (Phi) is 4.44. The zero-order valence-electron chi connectivity index (χ0n) is 15.7. The molecule has 136 valence electrons. The van der Waals surface area contributed by atoms with Crippen LogP contribution in [0.15, 0.2) is 41.2 Å². The average Bonchev–Trinajstić information content (AvgIpc) is 2.84. The third-order valence-corrected chi connectivity index (χ3v) is 4.19. The van der Waals surface area contributed by atoms with Gasteiger partial charge < -0.3 is 4.74 Å². The fourth-order valence-corrected chi connectivity index (χ4v) is 2.98. The Hall–Kier alpha value is -2.89. The van der Waals surface area contributed by atoms with Gasteiger partial charge in [-0.1, -0.05) is 32.9 Å². The summed E-state index contributed by atoms with van der Waals surface area (Å²) in [6, 6.07) is 10.9. The monoisotopic (exact) mass is 353 g/mol. The molecule has 1 aromatic carbocycles. The molecule has 0 N–H and O–H groups in total. The van der Waals surface area contributed by atoms with Crippen LogP contribution in [0.2, 0.25) is 0 Å². The highest BCUT2D eigenvalue weighted by atomic mass is 16.5. The van der Waals surface area contributed by atoms with E-state index in [1.165, 1.54) is 7.11 Å². The van der Waals surface area contributed by atoms with Crippen molar-refractivity contribution in [2.45, 2.75) is 27.3 Å². The number of methoxy groups -OCH3 is 1. The lowest BCUT2D eigenvalue weighted by Gasteiger charge is -2.18. The topological polar surface area (TPSA) is 66.1 Å². The van der Waals surface area contributed by atoms with Crippen LogP contribution in [0, 0.1) is 5.41 Å². The summed E-state index contributed by atoms with van der Waals surface area (Å²) in [5.41, 5.74) is 3.29. The molecule has 0 saturated heterocycles. The number of nitrogens with zero attached hydrogens (tertiary/aromatic N) is 3. The van der Waals surface area contributed by atoms with Crippen LogP contribution in [0.25, 0.3) is 22.4 Å². The van der Waals surface area contributed by atoms with Gasteiger partial charge in [-0.3, -0.25) is 9.13 Å². The van der Waals surface area contributed by atoms with Gasteiger partial charge in [-0.05, 0) is 29.7 Å². The molecule has 0 saturated carbocycles. The number of pyridine rings is 1. The minimum absolute atomic E-state index is 0.0222. The number of ether oxygens (including phenoxy) is 1. The number of carbonyl (C=O) groups excluding carboxylic acids is 1. The van der Waals surface area contributed by atoms with Gasteiger partial charge in [0.1, 0.15) is 0 Å². The van der Waals surface area contributed by atoms with E-state index in [1.807, 2.05) is 18.2 Å². The number of esters is 1. The first kappa shape index (κ1) is 17.9. The van der Waals surface area contributed by atoms with Crippen molar-refractivity contribution in [3.05, 3.63) is 52.4 Å². The lowest BCUT2D eigenvalue weighted by molar-refractivity contribution is 0.0601. The first-order valence-electron chi connectivity index (χ1n) is 8.46. The van der Waals surface area contributed by atoms with Crippen LogP contribution < -0.4 is 5.69 Å². The maximum absolute atomic E-state index is 12.6. The second kappa shape index (κ2) is 6.44. The number of aryl methyl sites for hydroxylation is 1. The maximum Gasteiger partial charge on any atom is 0.337 e. The van der Waals surface area contributed by atoms with Crippen LogP contribution in [0.5, 0.6) is 0 Å². The predicted octanol–water partition coefficient (Wildman–Crippen LogP) is 3.23. The zero-order chi connectivity index (χ0) is 19.1. The van der Waals surface area contributed by atoms with E-state index in [9.17, 15) is 9.59 Å². The summed E-state index contributed by atoms with van der Waals surface area (Å²) in [5, 5.41) is 0. The Morgan fingerprint density at radius 1 is 1.19 bits per heavy atom. The van der Waals surface area contributed by atoms with Crippen molar-refractivity contribution in [2.24, 2.45) is 12.5 Å². The van der Waals surface area contributed by atoms with Gasteiger partial charge in [0, 0.05) is 19.2 Å². The fourth-order valence-electron chi connectivity index (χ4n) is 2.98. The fraction of sp³-hybridized carbons (Fsp3) is 0.350. The van der Waals surface area contributed by atoms with E-state index in [2.05, 4.69) is 25.8 Å². The SMILES string of the molecule is COC(=O)c1cccc(-c2ccc3c(n2)n(C)c(=O)n3CC(C)(C)C)c1. The molecule has 0 radical (unpaired) electrons. The zero-order valence-corrected chi connectivity index (χ0v) is 15.7. The highest BCUT2D eigenvalue weighted by molar-refractivity contribution is 5.91. The molecular weight excluding hydrogens is 330 g/mol. The second-order valence-corrected chi connectivity index (χ2v) is 7.60. The molecule has 0 fully saturated rings. The average molecular weight is 353 g/mol. The summed E-state index contributed by atoms with van der Waals surface area (Å²) in [5.74, 6) is -0.392. The van der Waals surface area contributed by atoms with Crippen LogP contribution in [0.3, 0.4) is 0 Å². The highest BCUT2D eigenvalue weighted by Gasteiger charge is 2.19. The molecule has 0 spiro atoms. The quantitative estimate of drug-likeness (QED) is 0.678. The predicted molar refractivity (Wildman–Crippen MR) is 101 cm³/mol. The molecule has 0 aliphatic carbocycles. The Morgan fingerprint density at radius 3 is 2.58 bits per heavy atom. The molecule has 0 atom stereocenters. The molecule has 2 aromatic heterocycles. The molecule has 2 heterocycles. The van der Waals surface area contributed by atoms with E-state index in [0.717, 1.165) is 11.1 Å². The second-order valence-electron chi connectivity index (χ2n) is 7.60. The molecule has 26 heavy (non-hydrogen) atoms. The molecule has 0 aliphatic heterocycles. The van der Waals surface area contributed by atoms with Gasteiger partial charge in [-0.25, -0.2) is 14.6 Å². The normalized spacial score (nSPS) is 11.7. The number of carbonyl (C=O) groups is 1. The molecule has 0 aliphatic rings. The van der Waals surface area contributed by atoms with Crippen molar-refractivity contribution in [1.82, 2.24) is 14.1 Å². The Balaban J connectivity index is 2.13. The van der Waals surface area contributed by atoms with Crippen molar-refractivity contribution in [3.8, 4) is 11.3 Å². The third-order valence-electron chi connectivity index (χ3n) is 4.19. The summed E-state index contributed by atoms with van der Waals surface area (Å²) in [6.45, 7) is 6.90. The lowest BCUT2D eigenvalue weighted by Crippen LogP contribution is -2.27. The largest absolute Gasteiger partial charge is 0.465 e. The summed E-state index contributed by atoms with van der Waals surface area (Å²) in [4.78, 5) is 29.0. The van der Waals surface area contributed by atoms with Crippen LogP contribution in [-0.4, -0.2) is 27.2 Å². The lowest BCUT2D eigenvalue weighted by atomic mass is 9.97. The van der Waals surface area contributed by atoms with E-state index >= 15 is 0 Å². The molecule has 6 heteroatoms. The Morgan fingerprint density at radius 2 is 1.92 bits per heavy atom. The smallest absolute Gasteiger partial charge is 0.337 e. The van der Waals surface area contributed by atoms with Crippen molar-refractivity contribution >= 4 is 17.1 Å². The van der Waals surface area contributed by atoms with Crippen LogP contribution >= 0.6 is 0 Å². The molecule has 0 amide bonds. The molecule has 6 nitrogen and oxygen atoms in total.